The van der Waals surface area contributed by atoms with E-state index in [1.165, 1.54) is 50.5 Å². The smallest absolute Gasteiger partial charge is 0.00103 e. The molecule has 114 valence electrons. The molecule has 0 amide bonds. The third-order valence-electron chi connectivity index (χ3n) is 6.98. The van der Waals surface area contributed by atoms with Crippen LogP contribution in [0.4, 0.5) is 0 Å². The van der Waals surface area contributed by atoms with Crippen molar-refractivity contribution in [2.75, 3.05) is 6.54 Å². The SMILES string of the molecule is Cc1ccc(C2(CCCN)C3CC4CC(C3)CC2C4)cc1. The molecule has 4 aliphatic carbocycles. The van der Waals surface area contributed by atoms with E-state index >= 15 is 0 Å². The van der Waals surface area contributed by atoms with Gasteiger partial charge in [-0.3, -0.25) is 0 Å². The minimum atomic E-state index is 0.459. The molecule has 4 saturated carbocycles. The zero-order valence-electron chi connectivity index (χ0n) is 13.4. The van der Waals surface area contributed by atoms with Crippen molar-refractivity contribution in [3.8, 4) is 0 Å². The maximum atomic E-state index is 5.89. The van der Waals surface area contributed by atoms with Crippen LogP contribution in [0.3, 0.4) is 0 Å². The third-order valence-corrected chi connectivity index (χ3v) is 6.98. The molecule has 0 spiro atoms. The van der Waals surface area contributed by atoms with Crippen molar-refractivity contribution in [1.82, 2.24) is 0 Å². The summed E-state index contributed by atoms with van der Waals surface area (Å²) in [7, 11) is 0. The maximum Gasteiger partial charge on any atom is 0.00103 e. The average molecular weight is 283 g/mol. The number of nitrogens with two attached hydrogens (primary N) is 1. The van der Waals surface area contributed by atoms with Crippen LogP contribution >= 0.6 is 0 Å². The lowest BCUT2D eigenvalue weighted by atomic mass is 9.43. The minimum absolute atomic E-state index is 0.459. The Morgan fingerprint density at radius 1 is 0.952 bits per heavy atom. The average Bonchev–Trinajstić information content (AvgIpc) is 2.48. The number of rotatable bonds is 4. The van der Waals surface area contributed by atoms with Gasteiger partial charge in [0.2, 0.25) is 0 Å². The summed E-state index contributed by atoms with van der Waals surface area (Å²) < 4.78 is 0. The maximum absolute atomic E-state index is 5.89. The van der Waals surface area contributed by atoms with Gasteiger partial charge >= 0.3 is 0 Å². The number of benzene rings is 1. The van der Waals surface area contributed by atoms with Gasteiger partial charge in [0.1, 0.15) is 0 Å². The summed E-state index contributed by atoms with van der Waals surface area (Å²) in [6.45, 7) is 3.05. The molecule has 0 radical (unpaired) electrons. The Morgan fingerprint density at radius 2 is 1.52 bits per heavy atom. The van der Waals surface area contributed by atoms with Gasteiger partial charge in [-0.1, -0.05) is 29.8 Å². The molecule has 0 saturated heterocycles. The fourth-order valence-corrected chi connectivity index (χ4v) is 6.31. The van der Waals surface area contributed by atoms with Crippen molar-refractivity contribution < 1.29 is 0 Å². The monoisotopic (exact) mass is 283 g/mol. The van der Waals surface area contributed by atoms with E-state index in [-0.39, 0.29) is 0 Å². The summed E-state index contributed by atoms with van der Waals surface area (Å²) >= 11 is 0. The first-order valence-corrected chi connectivity index (χ1v) is 8.99. The molecule has 1 aromatic rings. The van der Waals surface area contributed by atoms with E-state index in [2.05, 4.69) is 31.2 Å². The van der Waals surface area contributed by atoms with E-state index in [1.54, 1.807) is 5.56 Å². The highest BCUT2D eigenvalue weighted by Crippen LogP contribution is 2.64. The topological polar surface area (TPSA) is 26.0 Å². The second kappa shape index (κ2) is 5.12. The highest BCUT2D eigenvalue weighted by molar-refractivity contribution is 5.33. The summed E-state index contributed by atoms with van der Waals surface area (Å²) in [6, 6.07) is 9.53. The van der Waals surface area contributed by atoms with Crippen molar-refractivity contribution in [3.05, 3.63) is 35.4 Å². The molecule has 1 nitrogen and oxygen atoms in total. The molecule has 0 unspecified atom stereocenters. The Hall–Kier alpha value is -0.820. The van der Waals surface area contributed by atoms with Gasteiger partial charge in [0.15, 0.2) is 0 Å². The van der Waals surface area contributed by atoms with Crippen LogP contribution in [0.5, 0.6) is 0 Å². The molecule has 2 N–H and O–H groups in total. The molecule has 4 aliphatic rings. The van der Waals surface area contributed by atoms with Crippen LogP contribution in [-0.4, -0.2) is 6.54 Å². The van der Waals surface area contributed by atoms with Gasteiger partial charge in [-0.25, -0.2) is 0 Å². The van der Waals surface area contributed by atoms with Crippen molar-refractivity contribution in [3.63, 3.8) is 0 Å². The van der Waals surface area contributed by atoms with Crippen LogP contribution in [-0.2, 0) is 5.41 Å². The largest absolute Gasteiger partial charge is 0.330 e. The number of aryl methyl sites for hydroxylation is 1. The summed E-state index contributed by atoms with van der Waals surface area (Å²) in [5, 5.41) is 0. The molecule has 0 atom stereocenters. The minimum Gasteiger partial charge on any atom is -0.330 e. The Morgan fingerprint density at radius 3 is 2.05 bits per heavy atom. The molecule has 4 fully saturated rings. The fraction of sp³-hybridized carbons (Fsp3) is 0.700. The summed E-state index contributed by atoms with van der Waals surface area (Å²) in [5.74, 6) is 3.96. The first kappa shape index (κ1) is 13.8. The van der Waals surface area contributed by atoms with Gasteiger partial charge < -0.3 is 5.73 Å². The molecule has 21 heavy (non-hydrogen) atoms. The Labute approximate surface area is 129 Å². The molecule has 0 aliphatic heterocycles. The Balaban J connectivity index is 1.75. The molecule has 1 heteroatoms. The van der Waals surface area contributed by atoms with Gasteiger partial charge in [-0.15, -0.1) is 0 Å². The lowest BCUT2D eigenvalue weighted by Crippen LogP contribution is -2.55. The predicted molar refractivity (Wildman–Crippen MR) is 88.2 cm³/mol. The van der Waals surface area contributed by atoms with Crippen LogP contribution in [0.1, 0.15) is 56.1 Å². The van der Waals surface area contributed by atoms with Crippen LogP contribution < -0.4 is 5.73 Å². The van der Waals surface area contributed by atoms with Gasteiger partial charge in [0.05, 0.1) is 0 Å². The summed E-state index contributed by atoms with van der Waals surface area (Å²) in [6.07, 6.45) is 10.0. The number of hydrogen-bond acceptors (Lipinski definition) is 1. The van der Waals surface area contributed by atoms with Crippen molar-refractivity contribution >= 4 is 0 Å². The second-order valence-electron chi connectivity index (χ2n) is 8.10. The van der Waals surface area contributed by atoms with E-state index in [0.717, 1.165) is 30.2 Å². The van der Waals surface area contributed by atoms with Gasteiger partial charge in [0.25, 0.3) is 0 Å². The van der Waals surface area contributed by atoms with E-state index in [4.69, 9.17) is 5.73 Å². The fourth-order valence-electron chi connectivity index (χ4n) is 6.31. The second-order valence-corrected chi connectivity index (χ2v) is 8.10. The van der Waals surface area contributed by atoms with Crippen LogP contribution in [0.2, 0.25) is 0 Å². The van der Waals surface area contributed by atoms with Crippen LogP contribution in [0.15, 0.2) is 24.3 Å². The zero-order chi connectivity index (χ0) is 14.4. The van der Waals surface area contributed by atoms with Crippen LogP contribution in [0.25, 0.3) is 0 Å². The lowest BCUT2D eigenvalue weighted by molar-refractivity contribution is -0.0655. The predicted octanol–water partition coefficient (Wildman–Crippen LogP) is 4.43. The molecular weight excluding hydrogens is 254 g/mol. The molecule has 0 heterocycles. The van der Waals surface area contributed by atoms with E-state index < -0.39 is 0 Å². The normalized spacial score (nSPS) is 40.7. The molecular formula is C20H29N. The first-order valence-electron chi connectivity index (χ1n) is 8.99. The Kier molecular flexibility index (Phi) is 3.37. The summed E-state index contributed by atoms with van der Waals surface area (Å²) in [4.78, 5) is 0. The molecule has 1 aromatic carbocycles. The Bertz CT molecular complexity index is 473. The number of hydrogen-bond donors (Lipinski definition) is 1. The van der Waals surface area contributed by atoms with Crippen molar-refractivity contribution in [2.24, 2.45) is 29.4 Å². The van der Waals surface area contributed by atoms with E-state index in [9.17, 15) is 0 Å². The first-order chi connectivity index (χ1) is 10.2. The molecule has 4 bridgehead atoms. The zero-order valence-corrected chi connectivity index (χ0v) is 13.4. The van der Waals surface area contributed by atoms with Gasteiger partial charge in [-0.2, -0.15) is 0 Å². The van der Waals surface area contributed by atoms with Gasteiger partial charge in [-0.05, 0) is 87.6 Å². The third kappa shape index (κ3) is 2.08. The van der Waals surface area contributed by atoms with E-state index in [0.29, 0.717) is 5.41 Å². The van der Waals surface area contributed by atoms with Gasteiger partial charge in [0, 0.05) is 5.41 Å². The summed E-state index contributed by atoms with van der Waals surface area (Å²) in [5.41, 5.74) is 9.37. The van der Waals surface area contributed by atoms with E-state index in [1.807, 2.05) is 0 Å². The highest BCUT2D eigenvalue weighted by atomic mass is 14.6. The molecule has 5 rings (SSSR count). The quantitative estimate of drug-likeness (QED) is 0.869. The molecule has 0 aromatic heterocycles. The lowest BCUT2D eigenvalue weighted by Gasteiger charge is -2.62. The van der Waals surface area contributed by atoms with Crippen molar-refractivity contribution in [2.45, 2.75) is 57.3 Å². The standard InChI is InChI=1S/C20H29N/c1-14-3-5-17(6-4-14)20(7-2-8-21)18-10-15-9-16(12-18)13-19(20)11-15/h3-6,15-16,18-19H,2,7-13,21H2,1H3. The van der Waals surface area contributed by atoms with Crippen LogP contribution in [0, 0.1) is 30.6 Å². The van der Waals surface area contributed by atoms with Crippen molar-refractivity contribution in [1.29, 1.82) is 0 Å². The highest BCUT2D eigenvalue weighted by Gasteiger charge is 2.57.